The fraction of sp³-hybridized carbons (Fsp3) is 0.429. The first-order chi connectivity index (χ1) is 10.3. The first-order valence-electron chi connectivity index (χ1n) is 6.55. The van der Waals surface area contributed by atoms with Crippen molar-refractivity contribution in [3.63, 3.8) is 0 Å². The Morgan fingerprint density at radius 1 is 1.14 bits per heavy atom. The van der Waals surface area contributed by atoms with Gasteiger partial charge in [-0.1, -0.05) is 12.1 Å². The SMILES string of the molecule is O=COc1ccc(CCOC(=O)CCCCON=O)cc1. The fourth-order valence-electron chi connectivity index (χ4n) is 1.62. The maximum absolute atomic E-state index is 11.4. The van der Waals surface area contributed by atoms with E-state index in [9.17, 15) is 14.5 Å². The second-order valence-corrected chi connectivity index (χ2v) is 4.19. The van der Waals surface area contributed by atoms with Gasteiger partial charge < -0.3 is 14.3 Å². The van der Waals surface area contributed by atoms with Gasteiger partial charge in [-0.3, -0.25) is 9.59 Å². The Labute approximate surface area is 122 Å². The number of ether oxygens (including phenoxy) is 2. The highest BCUT2D eigenvalue weighted by Gasteiger charge is 2.03. The Hall–Kier alpha value is -2.44. The van der Waals surface area contributed by atoms with Gasteiger partial charge in [0.15, 0.2) is 5.34 Å². The Morgan fingerprint density at radius 3 is 2.57 bits per heavy atom. The maximum Gasteiger partial charge on any atom is 0.305 e. The van der Waals surface area contributed by atoms with Gasteiger partial charge in [-0.2, -0.15) is 0 Å². The maximum atomic E-state index is 11.4. The summed E-state index contributed by atoms with van der Waals surface area (Å²) in [7, 11) is 0. The molecule has 1 aromatic rings. The predicted molar refractivity (Wildman–Crippen MR) is 73.4 cm³/mol. The zero-order chi connectivity index (χ0) is 15.3. The summed E-state index contributed by atoms with van der Waals surface area (Å²) in [6.07, 6.45) is 2.05. The third kappa shape index (κ3) is 7.66. The molecule has 0 saturated heterocycles. The van der Waals surface area contributed by atoms with Gasteiger partial charge in [0.2, 0.25) is 0 Å². The van der Waals surface area contributed by atoms with Gasteiger partial charge in [0.25, 0.3) is 6.47 Å². The molecule has 0 bridgehead atoms. The van der Waals surface area contributed by atoms with Gasteiger partial charge in [-0.25, -0.2) is 0 Å². The van der Waals surface area contributed by atoms with Crippen LogP contribution in [-0.2, 0) is 25.6 Å². The second kappa shape index (κ2) is 10.4. The minimum Gasteiger partial charge on any atom is -0.465 e. The number of hydrogen-bond donors (Lipinski definition) is 0. The summed E-state index contributed by atoms with van der Waals surface area (Å²) in [5.74, 6) is 0.188. The minimum absolute atomic E-state index is 0.214. The number of unbranched alkanes of at least 4 members (excludes halogenated alkanes) is 1. The molecule has 0 fully saturated rings. The van der Waals surface area contributed by atoms with Gasteiger partial charge in [0.1, 0.15) is 12.4 Å². The Kier molecular flexibility index (Phi) is 8.20. The monoisotopic (exact) mass is 295 g/mol. The van der Waals surface area contributed by atoms with E-state index in [1.54, 1.807) is 24.3 Å². The highest BCUT2D eigenvalue weighted by atomic mass is 16.7. The van der Waals surface area contributed by atoms with E-state index < -0.39 is 0 Å². The summed E-state index contributed by atoms with van der Waals surface area (Å²) in [5.41, 5.74) is 0.978. The lowest BCUT2D eigenvalue weighted by Gasteiger charge is -2.05. The number of carbonyl (C=O) groups is 2. The lowest BCUT2D eigenvalue weighted by Crippen LogP contribution is -2.07. The van der Waals surface area contributed by atoms with E-state index in [0.717, 1.165) is 5.56 Å². The molecule has 0 aliphatic carbocycles. The van der Waals surface area contributed by atoms with Crippen molar-refractivity contribution >= 4 is 12.4 Å². The van der Waals surface area contributed by atoms with Crippen molar-refractivity contribution in [2.45, 2.75) is 25.7 Å². The van der Waals surface area contributed by atoms with Gasteiger partial charge >= 0.3 is 5.97 Å². The van der Waals surface area contributed by atoms with Crippen LogP contribution in [0.4, 0.5) is 0 Å². The molecule has 0 aliphatic heterocycles. The molecule has 0 saturated carbocycles. The van der Waals surface area contributed by atoms with E-state index in [0.29, 0.717) is 38.1 Å². The number of benzene rings is 1. The highest BCUT2D eigenvalue weighted by molar-refractivity contribution is 5.69. The van der Waals surface area contributed by atoms with Crippen LogP contribution in [-0.4, -0.2) is 25.7 Å². The van der Waals surface area contributed by atoms with E-state index >= 15 is 0 Å². The van der Waals surface area contributed by atoms with Crippen molar-refractivity contribution in [3.05, 3.63) is 34.7 Å². The molecule has 7 nitrogen and oxygen atoms in total. The molecule has 0 amide bonds. The van der Waals surface area contributed by atoms with Crippen LogP contribution in [0.3, 0.4) is 0 Å². The van der Waals surface area contributed by atoms with Crippen molar-refractivity contribution in [2.75, 3.05) is 13.2 Å². The van der Waals surface area contributed by atoms with E-state index in [-0.39, 0.29) is 19.0 Å². The van der Waals surface area contributed by atoms with E-state index in [4.69, 9.17) is 4.74 Å². The number of carbonyl (C=O) groups excluding carboxylic acids is 2. The molecule has 0 spiro atoms. The largest absolute Gasteiger partial charge is 0.465 e. The molecule has 1 rings (SSSR count). The summed E-state index contributed by atoms with van der Waals surface area (Å²) in [4.78, 5) is 35.5. The zero-order valence-electron chi connectivity index (χ0n) is 11.5. The molecular formula is C14H17NO6. The third-order valence-corrected chi connectivity index (χ3v) is 2.68. The molecule has 0 radical (unpaired) electrons. The molecule has 114 valence electrons. The molecule has 1 aromatic carbocycles. The molecule has 0 N–H and O–H groups in total. The van der Waals surface area contributed by atoms with Crippen LogP contribution >= 0.6 is 0 Å². The fourth-order valence-corrected chi connectivity index (χ4v) is 1.62. The summed E-state index contributed by atoms with van der Waals surface area (Å²) in [6, 6.07) is 6.95. The number of nitrogens with zero attached hydrogens (tertiary/aromatic N) is 1. The lowest BCUT2D eigenvalue weighted by molar-refractivity contribution is -0.143. The van der Waals surface area contributed by atoms with E-state index in [1.807, 2.05) is 0 Å². The van der Waals surface area contributed by atoms with Crippen LogP contribution in [0.1, 0.15) is 24.8 Å². The molecule has 0 unspecified atom stereocenters. The van der Waals surface area contributed by atoms with Gasteiger partial charge in [0, 0.05) is 12.8 Å². The van der Waals surface area contributed by atoms with Crippen LogP contribution < -0.4 is 4.74 Å². The quantitative estimate of drug-likeness (QED) is 0.204. The second-order valence-electron chi connectivity index (χ2n) is 4.19. The van der Waals surface area contributed by atoms with Crippen LogP contribution in [0.5, 0.6) is 5.75 Å². The Morgan fingerprint density at radius 2 is 1.90 bits per heavy atom. The first-order valence-corrected chi connectivity index (χ1v) is 6.55. The normalized spacial score (nSPS) is 9.71. The summed E-state index contributed by atoms with van der Waals surface area (Å²) < 4.78 is 9.75. The number of rotatable bonds is 11. The summed E-state index contributed by atoms with van der Waals surface area (Å²) in [5, 5.41) is 2.26. The number of hydrogen-bond acceptors (Lipinski definition) is 7. The molecule has 0 heterocycles. The lowest BCUT2D eigenvalue weighted by atomic mass is 10.1. The molecular weight excluding hydrogens is 278 g/mol. The topological polar surface area (TPSA) is 91.3 Å². The highest BCUT2D eigenvalue weighted by Crippen LogP contribution is 2.12. The van der Waals surface area contributed by atoms with E-state index in [2.05, 4.69) is 14.9 Å². The molecule has 0 aromatic heterocycles. The predicted octanol–water partition coefficient (Wildman–Crippen LogP) is 2.18. The van der Waals surface area contributed by atoms with Gasteiger partial charge in [0.05, 0.1) is 6.61 Å². The average molecular weight is 295 g/mol. The Bertz CT molecular complexity index is 445. The molecule has 0 aliphatic rings. The summed E-state index contributed by atoms with van der Waals surface area (Å²) in [6.45, 7) is 0.873. The first kappa shape index (κ1) is 16.6. The minimum atomic E-state index is -0.282. The van der Waals surface area contributed by atoms with Crippen molar-refractivity contribution in [2.24, 2.45) is 5.34 Å². The smallest absolute Gasteiger partial charge is 0.305 e. The number of esters is 1. The Balaban J connectivity index is 2.13. The van der Waals surface area contributed by atoms with Crippen molar-refractivity contribution in [1.29, 1.82) is 0 Å². The van der Waals surface area contributed by atoms with Crippen LogP contribution in [0.15, 0.2) is 29.6 Å². The summed E-state index contributed by atoms with van der Waals surface area (Å²) >= 11 is 0. The molecule has 21 heavy (non-hydrogen) atoms. The van der Waals surface area contributed by atoms with Crippen LogP contribution in [0, 0.1) is 4.91 Å². The zero-order valence-corrected chi connectivity index (χ0v) is 11.5. The average Bonchev–Trinajstić information content (AvgIpc) is 2.49. The van der Waals surface area contributed by atoms with Gasteiger partial charge in [-0.05, 0) is 30.5 Å². The van der Waals surface area contributed by atoms with Crippen molar-refractivity contribution < 1.29 is 23.9 Å². The molecule has 0 atom stereocenters. The van der Waals surface area contributed by atoms with E-state index in [1.165, 1.54) is 0 Å². The van der Waals surface area contributed by atoms with Crippen molar-refractivity contribution in [1.82, 2.24) is 0 Å². The van der Waals surface area contributed by atoms with Gasteiger partial charge in [-0.15, -0.1) is 4.91 Å². The van der Waals surface area contributed by atoms with Crippen molar-refractivity contribution in [3.8, 4) is 5.75 Å². The molecule has 7 heteroatoms. The van der Waals surface area contributed by atoms with Crippen LogP contribution in [0.25, 0.3) is 0 Å². The third-order valence-electron chi connectivity index (χ3n) is 2.68. The van der Waals surface area contributed by atoms with Crippen LogP contribution in [0.2, 0.25) is 0 Å². The standard InChI is InChI=1S/C14H17NO6/c16-11-20-13-6-4-12(5-7-13)8-10-19-14(17)3-1-2-9-21-15-18/h4-7,11H,1-3,8-10H2.